The summed E-state index contributed by atoms with van der Waals surface area (Å²) in [6, 6.07) is 4.41. The van der Waals surface area contributed by atoms with E-state index >= 15 is 0 Å². The molecule has 0 saturated heterocycles. The van der Waals surface area contributed by atoms with Gasteiger partial charge in [-0.2, -0.15) is 10.5 Å². The van der Waals surface area contributed by atoms with E-state index in [9.17, 15) is 10.5 Å². The molecule has 0 N–H and O–H groups in total. The lowest BCUT2D eigenvalue weighted by molar-refractivity contribution is 0.00862. The summed E-state index contributed by atoms with van der Waals surface area (Å²) in [5.41, 5.74) is -1.21. The van der Waals surface area contributed by atoms with Crippen molar-refractivity contribution in [1.82, 2.24) is 0 Å². The zero-order chi connectivity index (χ0) is 13.0. The van der Waals surface area contributed by atoms with Crippen molar-refractivity contribution in [3.05, 3.63) is 0 Å². The molecule has 0 aromatic heterocycles. The number of rotatable bonds is 5. The molecule has 0 bridgehead atoms. The molecule has 0 aromatic carbocycles. The van der Waals surface area contributed by atoms with Crippen LogP contribution in [0, 0.1) is 38.9 Å². The lowest BCUT2D eigenvalue weighted by Crippen LogP contribution is -2.46. The number of nitriles is 2. The van der Waals surface area contributed by atoms with Crippen LogP contribution in [0.2, 0.25) is 0 Å². The average Bonchev–Trinajstić information content (AvgIpc) is 2.27. The van der Waals surface area contributed by atoms with E-state index in [0.29, 0.717) is 0 Å². The average molecular weight is 220 g/mol. The van der Waals surface area contributed by atoms with Gasteiger partial charge in [-0.3, -0.25) is 0 Å². The molecule has 1 unspecified atom stereocenters. The summed E-state index contributed by atoms with van der Waals surface area (Å²) in [4.78, 5) is 0. The van der Waals surface area contributed by atoms with Gasteiger partial charge in [0.2, 0.25) is 0 Å². The van der Waals surface area contributed by atoms with E-state index in [1.807, 2.05) is 0 Å². The molecule has 90 valence electrons. The summed E-state index contributed by atoms with van der Waals surface area (Å²) in [6.07, 6.45) is 3.13. The third-order valence-corrected chi connectivity index (χ3v) is 4.79. The lowest BCUT2D eigenvalue weighted by Gasteiger charge is -2.49. The molecule has 2 heteroatoms. The highest BCUT2D eigenvalue weighted by Crippen LogP contribution is 2.54. The summed E-state index contributed by atoms with van der Waals surface area (Å²) in [5, 5.41) is 18.6. The molecule has 0 aliphatic heterocycles. The van der Waals surface area contributed by atoms with Crippen molar-refractivity contribution in [3.63, 3.8) is 0 Å². The molecule has 0 radical (unpaired) electrons. The molecule has 0 rings (SSSR count). The highest BCUT2D eigenvalue weighted by atomic mass is 14.6. The molecule has 0 heterocycles. The molecule has 0 spiro atoms. The zero-order valence-corrected chi connectivity index (χ0v) is 11.5. The maximum Gasteiger partial charge on any atom is 0.146 e. The molecule has 0 aromatic rings. The third kappa shape index (κ3) is 2.07. The van der Waals surface area contributed by atoms with Gasteiger partial charge in [-0.1, -0.05) is 47.5 Å². The molecular weight excluding hydrogens is 196 g/mol. The van der Waals surface area contributed by atoms with E-state index in [0.717, 1.165) is 19.3 Å². The largest absolute Gasteiger partial charge is 0.197 e. The monoisotopic (exact) mass is 220 g/mol. The minimum Gasteiger partial charge on any atom is -0.197 e. The van der Waals surface area contributed by atoms with Crippen molar-refractivity contribution >= 4 is 0 Å². The topological polar surface area (TPSA) is 47.6 Å². The van der Waals surface area contributed by atoms with Gasteiger partial charge in [0.05, 0.1) is 12.1 Å². The predicted molar refractivity (Wildman–Crippen MR) is 66.4 cm³/mol. The van der Waals surface area contributed by atoms with Crippen LogP contribution in [0.4, 0.5) is 0 Å². The Morgan fingerprint density at radius 1 is 0.938 bits per heavy atom. The fourth-order valence-corrected chi connectivity index (χ4v) is 2.39. The first kappa shape index (κ1) is 15.0. The maximum absolute atomic E-state index is 9.28. The molecule has 16 heavy (non-hydrogen) atoms. The Labute approximate surface area is 100 Å². The van der Waals surface area contributed by atoms with Crippen LogP contribution in [0.5, 0.6) is 0 Å². The van der Waals surface area contributed by atoms with Crippen LogP contribution < -0.4 is 0 Å². The molecule has 0 aliphatic rings. The molecule has 1 atom stereocenters. The molecule has 2 nitrogen and oxygen atoms in total. The van der Waals surface area contributed by atoms with Crippen LogP contribution >= 0.6 is 0 Å². The Hall–Kier alpha value is -1.02. The van der Waals surface area contributed by atoms with Gasteiger partial charge in [0.1, 0.15) is 5.41 Å². The number of hydrogen-bond acceptors (Lipinski definition) is 2. The maximum atomic E-state index is 9.28. The van der Waals surface area contributed by atoms with Gasteiger partial charge in [-0.25, -0.2) is 0 Å². The Morgan fingerprint density at radius 2 is 1.38 bits per heavy atom. The van der Waals surface area contributed by atoms with E-state index in [4.69, 9.17) is 0 Å². The Morgan fingerprint density at radius 3 is 1.62 bits per heavy atom. The number of hydrogen-bond donors (Lipinski definition) is 0. The molecule has 0 fully saturated rings. The zero-order valence-electron chi connectivity index (χ0n) is 11.5. The van der Waals surface area contributed by atoms with E-state index in [1.165, 1.54) is 0 Å². The Kier molecular flexibility index (Phi) is 4.56. The second-order valence-electron chi connectivity index (χ2n) is 5.64. The van der Waals surface area contributed by atoms with Crippen molar-refractivity contribution in [2.24, 2.45) is 16.2 Å². The van der Waals surface area contributed by atoms with E-state index in [2.05, 4.69) is 46.8 Å². The third-order valence-electron chi connectivity index (χ3n) is 4.79. The minimum absolute atomic E-state index is 0.0297. The predicted octanol–water partition coefficient (Wildman–Crippen LogP) is 4.28. The number of nitrogens with zero attached hydrogens (tertiary/aromatic N) is 2. The standard InChI is InChI=1S/C14H24N2/c1-7-9-13(5,8-2)12(3,4)14(6,10-15)11-16/h7-9H2,1-6H3. The van der Waals surface area contributed by atoms with Gasteiger partial charge < -0.3 is 0 Å². The van der Waals surface area contributed by atoms with E-state index in [-0.39, 0.29) is 10.8 Å². The van der Waals surface area contributed by atoms with Crippen LogP contribution in [0.1, 0.15) is 60.8 Å². The summed E-state index contributed by atoms with van der Waals surface area (Å²) in [5.74, 6) is 0. The molecule has 0 saturated carbocycles. The van der Waals surface area contributed by atoms with Crippen molar-refractivity contribution in [2.45, 2.75) is 60.8 Å². The lowest BCUT2D eigenvalue weighted by atomic mass is 9.52. The van der Waals surface area contributed by atoms with Crippen molar-refractivity contribution in [2.75, 3.05) is 0 Å². The normalized spacial score (nSPS) is 16.0. The highest BCUT2D eigenvalue weighted by molar-refractivity contribution is 5.20. The molecular formula is C14H24N2. The first-order valence-corrected chi connectivity index (χ1v) is 6.07. The Bertz CT molecular complexity index is 303. The smallest absolute Gasteiger partial charge is 0.146 e. The molecule has 0 amide bonds. The summed E-state index contributed by atoms with van der Waals surface area (Å²) >= 11 is 0. The van der Waals surface area contributed by atoms with Gasteiger partial charge in [0.25, 0.3) is 0 Å². The van der Waals surface area contributed by atoms with Crippen molar-refractivity contribution < 1.29 is 0 Å². The van der Waals surface area contributed by atoms with E-state index < -0.39 is 5.41 Å². The summed E-state index contributed by atoms with van der Waals surface area (Å²) < 4.78 is 0. The first-order chi connectivity index (χ1) is 7.24. The SMILES string of the molecule is CCCC(C)(CC)C(C)(C)C(C)(C#N)C#N. The highest BCUT2D eigenvalue weighted by Gasteiger charge is 2.52. The molecule has 0 aliphatic carbocycles. The van der Waals surface area contributed by atoms with Crippen LogP contribution in [0.3, 0.4) is 0 Å². The Balaban J connectivity index is 5.50. The first-order valence-electron chi connectivity index (χ1n) is 6.07. The second-order valence-corrected chi connectivity index (χ2v) is 5.64. The van der Waals surface area contributed by atoms with Crippen molar-refractivity contribution in [1.29, 1.82) is 10.5 Å². The fraction of sp³-hybridized carbons (Fsp3) is 0.857. The van der Waals surface area contributed by atoms with Crippen LogP contribution in [0.15, 0.2) is 0 Å². The van der Waals surface area contributed by atoms with Gasteiger partial charge in [0, 0.05) is 5.41 Å². The second kappa shape index (κ2) is 4.88. The van der Waals surface area contributed by atoms with Gasteiger partial charge >= 0.3 is 0 Å². The van der Waals surface area contributed by atoms with E-state index in [1.54, 1.807) is 6.92 Å². The summed E-state index contributed by atoms with van der Waals surface area (Å²) in [6.45, 7) is 12.4. The van der Waals surface area contributed by atoms with Gasteiger partial charge in [-0.05, 0) is 18.8 Å². The fourth-order valence-electron chi connectivity index (χ4n) is 2.39. The van der Waals surface area contributed by atoms with Crippen LogP contribution in [-0.4, -0.2) is 0 Å². The van der Waals surface area contributed by atoms with Crippen LogP contribution in [-0.2, 0) is 0 Å². The van der Waals surface area contributed by atoms with Crippen molar-refractivity contribution in [3.8, 4) is 12.1 Å². The van der Waals surface area contributed by atoms with Gasteiger partial charge in [-0.15, -0.1) is 0 Å². The van der Waals surface area contributed by atoms with Gasteiger partial charge in [0.15, 0.2) is 0 Å². The quantitative estimate of drug-likeness (QED) is 0.694. The summed E-state index contributed by atoms with van der Waals surface area (Å²) in [7, 11) is 0. The van der Waals surface area contributed by atoms with Crippen LogP contribution in [0.25, 0.3) is 0 Å². The minimum atomic E-state index is -0.924.